The maximum Gasteiger partial charge on any atom is 0.233 e. The molecule has 2 saturated heterocycles. The molecule has 2 bridgehead atoms. The van der Waals surface area contributed by atoms with E-state index >= 15 is 0 Å². The predicted molar refractivity (Wildman–Crippen MR) is 116 cm³/mol. The number of rotatable bonds is 6. The van der Waals surface area contributed by atoms with Crippen LogP contribution in [0.5, 0.6) is 0 Å². The molecule has 1 aromatic rings. The molecule has 3 heterocycles. The number of hydrogen-bond acceptors (Lipinski definition) is 6. The SMILES string of the molecule is O=C1C2C3CCC(C4CC43)C2C(=O)N1CCCCN1CCN(c2nccnc2Cl)CC1. The lowest BCUT2D eigenvalue weighted by Crippen LogP contribution is -2.47. The minimum atomic E-state index is 0.0241. The van der Waals surface area contributed by atoms with Crippen LogP contribution in [0.1, 0.15) is 32.1 Å². The van der Waals surface area contributed by atoms with Gasteiger partial charge < -0.3 is 4.90 Å². The van der Waals surface area contributed by atoms with Crippen LogP contribution in [0.4, 0.5) is 5.82 Å². The van der Waals surface area contributed by atoms with Gasteiger partial charge in [0.25, 0.3) is 0 Å². The van der Waals surface area contributed by atoms with Gasteiger partial charge in [-0.3, -0.25) is 19.4 Å². The first-order valence-corrected chi connectivity index (χ1v) is 12.3. The first-order valence-electron chi connectivity index (χ1n) is 11.9. The Morgan fingerprint density at radius 3 is 2.10 bits per heavy atom. The molecule has 7 nitrogen and oxygen atoms in total. The van der Waals surface area contributed by atoms with Crippen LogP contribution in [0.15, 0.2) is 12.4 Å². The number of fused-ring (bicyclic) bond motifs is 1. The molecule has 0 radical (unpaired) electrons. The molecule has 6 unspecified atom stereocenters. The fraction of sp³-hybridized carbons (Fsp3) is 0.739. The second-order valence-electron chi connectivity index (χ2n) is 10.1. The number of amides is 2. The summed E-state index contributed by atoms with van der Waals surface area (Å²) in [6, 6.07) is 0. The standard InChI is InChI=1S/C23H30ClN5O2/c24-20-21(26-6-5-25-20)28-11-9-27(10-12-28)7-1-2-8-29-22(30)18-14-3-4-15(17-13-16(14)17)19(18)23(29)31/h5-6,14-19H,1-4,7-13H2. The van der Waals surface area contributed by atoms with Gasteiger partial charge in [-0.1, -0.05) is 11.6 Å². The first-order chi connectivity index (χ1) is 15.1. The van der Waals surface area contributed by atoms with Crippen molar-refractivity contribution < 1.29 is 9.59 Å². The molecule has 1 aromatic heterocycles. The van der Waals surface area contributed by atoms with E-state index in [-0.39, 0.29) is 23.7 Å². The largest absolute Gasteiger partial charge is 0.351 e. The van der Waals surface area contributed by atoms with Gasteiger partial charge >= 0.3 is 0 Å². The Morgan fingerprint density at radius 1 is 0.839 bits per heavy atom. The number of hydrogen-bond donors (Lipinski definition) is 0. The molecule has 6 aliphatic rings. The van der Waals surface area contributed by atoms with E-state index in [1.807, 2.05) is 0 Å². The highest BCUT2D eigenvalue weighted by Crippen LogP contribution is 2.67. The molecule has 2 aliphatic heterocycles. The maximum absolute atomic E-state index is 13.1. The molecule has 4 saturated carbocycles. The van der Waals surface area contributed by atoms with E-state index < -0.39 is 0 Å². The maximum atomic E-state index is 13.1. The Bertz CT molecular complexity index is 854. The van der Waals surface area contributed by atoms with E-state index in [1.54, 1.807) is 17.3 Å². The number of imide groups is 1. The van der Waals surface area contributed by atoms with Crippen molar-refractivity contribution in [3.8, 4) is 0 Å². The lowest BCUT2D eigenvalue weighted by molar-refractivity contribution is -0.140. The smallest absolute Gasteiger partial charge is 0.233 e. The molecule has 8 heteroatoms. The van der Waals surface area contributed by atoms with Crippen LogP contribution in [0.2, 0.25) is 5.15 Å². The van der Waals surface area contributed by atoms with E-state index in [1.165, 1.54) is 19.3 Å². The van der Waals surface area contributed by atoms with Gasteiger partial charge in [-0.05, 0) is 62.3 Å². The third-order valence-electron chi connectivity index (χ3n) is 8.65. The van der Waals surface area contributed by atoms with Crippen LogP contribution in [-0.2, 0) is 9.59 Å². The van der Waals surface area contributed by atoms with Crippen molar-refractivity contribution in [1.82, 2.24) is 19.8 Å². The summed E-state index contributed by atoms with van der Waals surface area (Å²) in [6.45, 7) is 5.30. The number of nitrogens with zero attached hydrogens (tertiary/aromatic N) is 5. The number of anilines is 1. The van der Waals surface area contributed by atoms with Crippen molar-refractivity contribution in [2.75, 3.05) is 44.2 Å². The number of likely N-dealkylation sites (tertiary alicyclic amines) is 1. The van der Waals surface area contributed by atoms with Crippen LogP contribution in [0.25, 0.3) is 0 Å². The Balaban J connectivity index is 0.973. The topological polar surface area (TPSA) is 69.6 Å². The summed E-state index contributed by atoms with van der Waals surface area (Å²) >= 11 is 6.17. The molecule has 31 heavy (non-hydrogen) atoms. The number of piperazine rings is 1. The minimum absolute atomic E-state index is 0.0241. The highest BCUT2D eigenvalue weighted by atomic mass is 35.5. The Morgan fingerprint density at radius 2 is 1.45 bits per heavy atom. The number of aromatic nitrogens is 2. The van der Waals surface area contributed by atoms with E-state index in [4.69, 9.17) is 11.6 Å². The van der Waals surface area contributed by atoms with Crippen LogP contribution >= 0.6 is 11.6 Å². The third-order valence-corrected chi connectivity index (χ3v) is 8.92. The van der Waals surface area contributed by atoms with Crippen molar-refractivity contribution in [3.63, 3.8) is 0 Å². The minimum Gasteiger partial charge on any atom is -0.351 e. The number of unbranched alkanes of at least 4 members (excludes halogenated alkanes) is 1. The van der Waals surface area contributed by atoms with Gasteiger partial charge in [0.1, 0.15) is 0 Å². The number of carbonyl (C=O) groups is 2. The zero-order valence-electron chi connectivity index (χ0n) is 17.8. The lowest BCUT2D eigenvalue weighted by Gasteiger charge is -2.42. The molecule has 6 atom stereocenters. The molecule has 2 amide bonds. The third kappa shape index (κ3) is 3.27. The Labute approximate surface area is 188 Å². The molecule has 0 aromatic carbocycles. The predicted octanol–water partition coefficient (Wildman–Crippen LogP) is 2.31. The van der Waals surface area contributed by atoms with E-state index in [9.17, 15) is 9.59 Å². The number of halogens is 1. The summed E-state index contributed by atoms with van der Waals surface area (Å²) in [6.07, 6.45) is 8.82. The quantitative estimate of drug-likeness (QED) is 0.496. The highest BCUT2D eigenvalue weighted by molar-refractivity contribution is 6.31. The zero-order chi connectivity index (χ0) is 21.1. The first kappa shape index (κ1) is 19.9. The molecule has 0 N–H and O–H groups in total. The average Bonchev–Trinajstić information content (AvgIpc) is 3.57. The summed E-state index contributed by atoms with van der Waals surface area (Å²) in [5.41, 5.74) is 0. The molecule has 0 spiro atoms. The van der Waals surface area contributed by atoms with Gasteiger partial charge in [0.05, 0.1) is 11.8 Å². The summed E-state index contributed by atoms with van der Waals surface area (Å²) in [5.74, 6) is 3.64. The van der Waals surface area contributed by atoms with Crippen molar-refractivity contribution in [1.29, 1.82) is 0 Å². The van der Waals surface area contributed by atoms with Gasteiger partial charge in [-0.25, -0.2) is 9.97 Å². The van der Waals surface area contributed by atoms with Crippen LogP contribution < -0.4 is 4.90 Å². The van der Waals surface area contributed by atoms with Gasteiger partial charge in [-0.15, -0.1) is 0 Å². The summed E-state index contributed by atoms with van der Waals surface area (Å²) in [4.78, 5) is 40.9. The normalized spacial score (nSPS) is 36.7. The van der Waals surface area contributed by atoms with Gasteiger partial charge in [0, 0.05) is 45.1 Å². The molecular formula is C23H30ClN5O2. The van der Waals surface area contributed by atoms with Crippen LogP contribution in [0, 0.1) is 35.5 Å². The molecule has 166 valence electrons. The Hall–Kier alpha value is -1.73. The van der Waals surface area contributed by atoms with Crippen molar-refractivity contribution >= 4 is 29.2 Å². The van der Waals surface area contributed by atoms with E-state index in [0.29, 0.717) is 23.5 Å². The Kier molecular flexibility index (Phi) is 4.94. The van der Waals surface area contributed by atoms with Crippen molar-refractivity contribution in [2.45, 2.75) is 32.1 Å². The van der Waals surface area contributed by atoms with Crippen molar-refractivity contribution in [2.24, 2.45) is 35.5 Å². The molecule has 6 fully saturated rings. The highest BCUT2D eigenvalue weighted by Gasteiger charge is 2.68. The molecular weight excluding hydrogens is 414 g/mol. The average molecular weight is 444 g/mol. The lowest BCUT2D eigenvalue weighted by atomic mass is 9.59. The van der Waals surface area contributed by atoms with Gasteiger partial charge in [0.15, 0.2) is 11.0 Å². The van der Waals surface area contributed by atoms with Crippen molar-refractivity contribution in [3.05, 3.63) is 17.5 Å². The van der Waals surface area contributed by atoms with Gasteiger partial charge in [-0.2, -0.15) is 0 Å². The molecule has 7 rings (SSSR count). The fourth-order valence-electron chi connectivity index (χ4n) is 7.13. The van der Waals surface area contributed by atoms with Crippen LogP contribution in [0.3, 0.4) is 0 Å². The summed E-state index contributed by atoms with van der Waals surface area (Å²) in [5, 5.41) is 0.460. The summed E-state index contributed by atoms with van der Waals surface area (Å²) in [7, 11) is 0. The fourth-order valence-corrected chi connectivity index (χ4v) is 7.36. The summed E-state index contributed by atoms with van der Waals surface area (Å²) < 4.78 is 0. The monoisotopic (exact) mass is 443 g/mol. The number of carbonyl (C=O) groups excluding carboxylic acids is 2. The zero-order valence-corrected chi connectivity index (χ0v) is 18.6. The second kappa shape index (κ2) is 7.69. The second-order valence-corrected chi connectivity index (χ2v) is 10.4. The van der Waals surface area contributed by atoms with E-state index in [0.717, 1.165) is 63.2 Å². The molecule has 4 aliphatic carbocycles. The van der Waals surface area contributed by atoms with E-state index in [2.05, 4.69) is 19.8 Å². The van der Waals surface area contributed by atoms with Crippen LogP contribution in [-0.4, -0.2) is 70.9 Å². The van der Waals surface area contributed by atoms with Gasteiger partial charge in [0.2, 0.25) is 11.8 Å².